The fourth-order valence-corrected chi connectivity index (χ4v) is 4.11. The van der Waals surface area contributed by atoms with Gasteiger partial charge >= 0.3 is 0 Å². The number of nitrogens with zero attached hydrogens (tertiary/aromatic N) is 6. The highest BCUT2D eigenvalue weighted by molar-refractivity contribution is 7.13. The Kier molecular flexibility index (Phi) is 6.85. The Morgan fingerprint density at radius 3 is 2.54 bits per heavy atom. The Balaban J connectivity index is 1.44. The molecule has 4 heterocycles. The minimum atomic E-state index is -0.505. The average molecular weight is 512 g/mol. The van der Waals surface area contributed by atoms with Crippen LogP contribution in [0.15, 0.2) is 37.3 Å². The van der Waals surface area contributed by atoms with E-state index in [1.54, 1.807) is 25.4 Å². The van der Waals surface area contributed by atoms with E-state index in [2.05, 4.69) is 45.5 Å². The first-order valence-electron chi connectivity index (χ1n) is 10.5. The Morgan fingerprint density at radius 1 is 1.06 bits per heavy atom. The lowest BCUT2D eigenvalue weighted by molar-refractivity contribution is 0.0934. The zero-order chi connectivity index (χ0) is 25.2. The fraction of sp³-hybridized carbons (Fsp3) is 0.273. The molecule has 0 aliphatic carbocycles. The summed E-state index contributed by atoms with van der Waals surface area (Å²) in [4.78, 5) is 53.7. The lowest BCUT2D eigenvalue weighted by Crippen LogP contribution is -2.28. The van der Waals surface area contributed by atoms with E-state index in [-0.39, 0.29) is 22.0 Å². The molecule has 11 nitrogen and oxygen atoms in total. The maximum atomic E-state index is 12.8. The quantitative estimate of drug-likeness (QED) is 0.353. The van der Waals surface area contributed by atoms with Crippen molar-refractivity contribution in [3.8, 4) is 11.5 Å². The molecule has 180 valence electrons. The molecule has 4 aromatic heterocycles. The van der Waals surface area contributed by atoms with Crippen molar-refractivity contribution < 1.29 is 9.59 Å². The molecular formula is C22H22ClN9O2S. The Hall–Kier alpha value is -3.77. The zero-order valence-corrected chi connectivity index (χ0v) is 20.9. The van der Waals surface area contributed by atoms with Gasteiger partial charge in [0, 0.05) is 23.9 Å². The number of carbonyl (C=O) groups excluding carboxylic acids is 2. The lowest BCUT2D eigenvalue weighted by atomic mass is 9.92. The Bertz CT molecular complexity index is 1370. The third-order valence-electron chi connectivity index (χ3n) is 4.87. The minimum absolute atomic E-state index is 0.00727. The van der Waals surface area contributed by atoms with Crippen molar-refractivity contribution in [2.45, 2.75) is 39.2 Å². The molecule has 0 aliphatic heterocycles. The number of nitrogens with one attached hydrogen (secondary N) is 3. The van der Waals surface area contributed by atoms with Crippen molar-refractivity contribution in [2.24, 2.45) is 0 Å². The normalized spacial score (nSPS) is 12.3. The monoisotopic (exact) mass is 511 g/mol. The molecule has 1 unspecified atom stereocenters. The van der Waals surface area contributed by atoms with Crippen LogP contribution in [-0.4, -0.2) is 46.7 Å². The number of H-pyrrole nitrogens is 1. The van der Waals surface area contributed by atoms with Crippen LogP contribution in [0, 0.1) is 0 Å². The molecule has 0 radical (unpaired) electrons. The summed E-state index contributed by atoms with van der Waals surface area (Å²) in [6.45, 7) is 7.83. The summed E-state index contributed by atoms with van der Waals surface area (Å²) >= 11 is 7.52. The topological polar surface area (TPSA) is 151 Å². The first-order chi connectivity index (χ1) is 16.6. The van der Waals surface area contributed by atoms with Gasteiger partial charge in [-0.15, -0.1) is 11.3 Å². The van der Waals surface area contributed by atoms with Crippen LogP contribution in [0.2, 0.25) is 5.02 Å². The predicted octanol–water partition coefficient (Wildman–Crippen LogP) is 3.81. The summed E-state index contributed by atoms with van der Waals surface area (Å²) < 4.78 is 0. The second-order valence-electron chi connectivity index (χ2n) is 8.57. The van der Waals surface area contributed by atoms with E-state index in [4.69, 9.17) is 11.6 Å². The molecule has 0 saturated heterocycles. The second kappa shape index (κ2) is 9.84. The van der Waals surface area contributed by atoms with Crippen molar-refractivity contribution in [2.75, 3.05) is 5.32 Å². The lowest BCUT2D eigenvalue weighted by Gasteiger charge is -2.17. The van der Waals surface area contributed by atoms with E-state index >= 15 is 0 Å². The van der Waals surface area contributed by atoms with Crippen molar-refractivity contribution >= 4 is 40.6 Å². The molecule has 0 fully saturated rings. The number of amides is 2. The van der Waals surface area contributed by atoms with Crippen LogP contribution in [0.1, 0.15) is 64.6 Å². The van der Waals surface area contributed by atoms with Crippen LogP contribution in [-0.2, 0) is 5.41 Å². The van der Waals surface area contributed by atoms with Crippen LogP contribution < -0.4 is 10.6 Å². The summed E-state index contributed by atoms with van der Waals surface area (Å²) in [6, 6.07) is 1.24. The number of aromatic amines is 1. The number of halogens is 1. The van der Waals surface area contributed by atoms with E-state index in [0.717, 1.165) is 17.0 Å². The maximum absolute atomic E-state index is 12.8. The maximum Gasteiger partial charge on any atom is 0.272 e. The SMILES string of the molecule is CC(NC(=O)c1ncnc(-c2ncc[nH]2)c1Cl)c1ncc(C(=O)Nc2cc(C(C)(C)C)ncn2)s1. The number of hydrogen-bond donors (Lipinski definition) is 3. The number of imidazole rings is 1. The predicted molar refractivity (Wildman–Crippen MR) is 131 cm³/mol. The molecular weight excluding hydrogens is 490 g/mol. The smallest absolute Gasteiger partial charge is 0.272 e. The first kappa shape index (κ1) is 24.4. The molecule has 0 spiro atoms. The fourth-order valence-electron chi connectivity index (χ4n) is 3.02. The van der Waals surface area contributed by atoms with Crippen LogP contribution in [0.5, 0.6) is 0 Å². The molecule has 35 heavy (non-hydrogen) atoms. The highest BCUT2D eigenvalue weighted by Gasteiger charge is 2.23. The molecule has 2 amide bonds. The third-order valence-corrected chi connectivity index (χ3v) is 6.41. The molecule has 4 aromatic rings. The van der Waals surface area contributed by atoms with Gasteiger partial charge in [-0.3, -0.25) is 9.59 Å². The number of carbonyl (C=O) groups is 2. The Morgan fingerprint density at radius 2 is 1.83 bits per heavy atom. The van der Waals surface area contributed by atoms with Crippen molar-refractivity contribution in [1.82, 2.24) is 40.2 Å². The van der Waals surface area contributed by atoms with Gasteiger partial charge in [0.25, 0.3) is 11.8 Å². The summed E-state index contributed by atoms with van der Waals surface area (Å²) in [5.41, 5.74) is 0.950. The average Bonchev–Trinajstić information content (AvgIpc) is 3.51. The third kappa shape index (κ3) is 5.49. The van der Waals surface area contributed by atoms with Gasteiger partial charge in [0.15, 0.2) is 11.5 Å². The van der Waals surface area contributed by atoms with Crippen molar-refractivity contribution in [3.63, 3.8) is 0 Å². The van der Waals surface area contributed by atoms with E-state index < -0.39 is 11.9 Å². The van der Waals surface area contributed by atoms with Gasteiger partial charge in [-0.2, -0.15) is 0 Å². The van der Waals surface area contributed by atoms with Gasteiger partial charge in [-0.25, -0.2) is 29.9 Å². The molecule has 0 aromatic carbocycles. The summed E-state index contributed by atoms with van der Waals surface area (Å²) in [7, 11) is 0. The summed E-state index contributed by atoms with van der Waals surface area (Å²) in [6.07, 6.45) is 7.30. The van der Waals surface area contributed by atoms with Crippen LogP contribution in [0.3, 0.4) is 0 Å². The molecule has 4 rings (SSSR count). The zero-order valence-electron chi connectivity index (χ0n) is 19.3. The van der Waals surface area contributed by atoms with E-state index in [9.17, 15) is 9.59 Å². The van der Waals surface area contributed by atoms with Crippen LogP contribution in [0.4, 0.5) is 5.82 Å². The van der Waals surface area contributed by atoms with Gasteiger partial charge in [-0.05, 0) is 6.92 Å². The van der Waals surface area contributed by atoms with E-state index in [0.29, 0.717) is 27.2 Å². The van der Waals surface area contributed by atoms with Gasteiger partial charge in [-0.1, -0.05) is 32.4 Å². The van der Waals surface area contributed by atoms with E-state index in [1.165, 1.54) is 18.9 Å². The number of hydrogen-bond acceptors (Lipinski definition) is 9. The van der Waals surface area contributed by atoms with Crippen molar-refractivity contribution in [3.05, 3.63) is 63.6 Å². The molecule has 0 bridgehead atoms. The molecule has 0 saturated carbocycles. The molecule has 0 aliphatic rings. The van der Waals surface area contributed by atoms with Gasteiger partial charge < -0.3 is 15.6 Å². The molecule has 1 atom stereocenters. The van der Waals surface area contributed by atoms with Crippen molar-refractivity contribution in [1.29, 1.82) is 0 Å². The highest BCUT2D eigenvalue weighted by Crippen LogP contribution is 2.26. The molecule has 3 N–H and O–H groups in total. The van der Waals surface area contributed by atoms with Gasteiger partial charge in [0.1, 0.15) is 39.1 Å². The number of anilines is 1. The standard InChI is InChI=1S/C22H22ClN9O2S/c1-11(31-20(34)17-15(23)16(29-10-30-17)18-24-5-6-25-18)21-26-8-12(35-21)19(33)32-14-7-13(22(2,3)4)27-9-28-14/h5-11H,1-4H3,(H,24,25)(H,31,34)(H,27,28,32,33). The van der Waals surface area contributed by atoms with Crippen LogP contribution >= 0.6 is 22.9 Å². The largest absolute Gasteiger partial charge is 0.343 e. The van der Waals surface area contributed by atoms with E-state index in [1.807, 2.05) is 20.8 Å². The first-order valence-corrected chi connectivity index (χ1v) is 11.7. The highest BCUT2D eigenvalue weighted by atomic mass is 35.5. The van der Waals surface area contributed by atoms with Gasteiger partial charge in [0.05, 0.1) is 17.9 Å². The van der Waals surface area contributed by atoms with Gasteiger partial charge in [0.2, 0.25) is 0 Å². The molecule has 13 heteroatoms. The number of aromatic nitrogens is 7. The summed E-state index contributed by atoms with van der Waals surface area (Å²) in [5.74, 6) is -0.0345. The summed E-state index contributed by atoms with van der Waals surface area (Å²) in [5, 5.41) is 6.18. The Labute approximate surface area is 209 Å². The van der Waals surface area contributed by atoms with Crippen LogP contribution in [0.25, 0.3) is 11.5 Å². The second-order valence-corrected chi connectivity index (χ2v) is 10.0. The number of thiazole rings is 1. The number of rotatable bonds is 6. The minimum Gasteiger partial charge on any atom is -0.343 e.